The summed E-state index contributed by atoms with van der Waals surface area (Å²) in [5, 5.41) is 0. The Labute approximate surface area is 118 Å². The van der Waals surface area contributed by atoms with Gasteiger partial charge in [0, 0.05) is 25.2 Å². The first-order valence-electron chi connectivity index (χ1n) is 6.78. The quantitative estimate of drug-likeness (QED) is 0.857. The van der Waals surface area contributed by atoms with Crippen molar-refractivity contribution in [2.24, 2.45) is 0 Å². The molecule has 1 aromatic carbocycles. The lowest BCUT2D eigenvalue weighted by Gasteiger charge is -2.18. The fraction of sp³-hybridized carbons (Fsp3) is 0.312. The van der Waals surface area contributed by atoms with Gasteiger partial charge in [0.25, 0.3) is 0 Å². The summed E-state index contributed by atoms with van der Waals surface area (Å²) in [4.78, 5) is 6.16. The SMILES string of the molecule is COc1ccccc1C1CCN(c2ncccc2F)C1. The smallest absolute Gasteiger partial charge is 0.165 e. The van der Waals surface area contributed by atoms with E-state index in [1.807, 2.05) is 23.1 Å². The van der Waals surface area contributed by atoms with Crippen molar-refractivity contribution in [3.8, 4) is 5.75 Å². The maximum absolute atomic E-state index is 13.8. The molecular formula is C16H17FN2O. The highest BCUT2D eigenvalue weighted by Crippen LogP contribution is 2.35. The van der Waals surface area contributed by atoms with E-state index in [0.29, 0.717) is 11.7 Å². The number of para-hydroxylation sites is 1. The molecule has 104 valence electrons. The molecule has 1 aliphatic heterocycles. The monoisotopic (exact) mass is 272 g/mol. The number of aromatic nitrogens is 1. The van der Waals surface area contributed by atoms with Gasteiger partial charge in [0.05, 0.1) is 7.11 Å². The first kappa shape index (κ1) is 12.9. The van der Waals surface area contributed by atoms with E-state index in [4.69, 9.17) is 4.74 Å². The second kappa shape index (κ2) is 5.49. The first-order valence-corrected chi connectivity index (χ1v) is 6.78. The standard InChI is InChI=1S/C16H17FN2O/c1-20-15-7-3-2-5-13(15)12-8-10-19(11-12)16-14(17)6-4-9-18-16/h2-7,9,12H,8,10-11H2,1H3. The molecule has 1 saturated heterocycles. The normalized spacial score (nSPS) is 18.3. The second-order valence-corrected chi connectivity index (χ2v) is 4.98. The van der Waals surface area contributed by atoms with Crippen molar-refractivity contribution in [1.82, 2.24) is 4.98 Å². The summed E-state index contributed by atoms with van der Waals surface area (Å²) in [5.41, 5.74) is 1.19. The number of nitrogens with zero attached hydrogens (tertiary/aromatic N) is 2. The number of anilines is 1. The van der Waals surface area contributed by atoms with Gasteiger partial charge in [0.2, 0.25) is 0 Å². The Hall–Kier alpha value is -2.10. The van der Waals surface area contributed by atoms with Crippen molar-refractivity contribution >= 4 is 5.82 Å². The van der Waals surface area contributed by atoms with Gasteiger partial charge in [-0.3, -0.25) is 0 Å². The summed E-state index contributed by atoms with van der Waals surface area (Å²) < 4.78 is 19.2. The number of pyridine rings is 1. The molecule has 1 unspecified atom stereocenters. The fourth-order valence-corrected chi connectivity index (χ4v) is 2.82. The Balaban J connectivity index is 1.82. The van der Waals surface area contributed by atoms with Crippen LogP contribution in [0.5, 0.6) is 5.75 Å². The number of benzene rings is 1. The van der Waals surface area contributed by atoms with Crippen LogP contribution in [0, 0.1) is 5.82 Å². The van der Waals surface area contributed by atoms with Crippen LogP contribution in [0.25, 0.3) is 0 Å². The van der Waals surface area contributed by atoms with Gasteiger partial charge in [-0.2, -0.15) is 0 Å². The molecule has 1 aliphatic rings. The molecule has 4 heteroatoms. The lowest BCUT2D eigenvalue weighted by atomic mass is 9.97. The molecule has 0 saturated carbocycles. The van der Waals surface area contributed by atoms with E-state index >= 15 is 0 Å². The number of rotatable bonds is 3. The molecule has 0 amide bonds. The molecule has 0 bridgehead atoms. The molecule has 2 aromatic rings. The number of halogens is 1. The van der Waals surface area contributed by atoms with E-state index in [0.717, 1.165) is 25.3 Å². The summed E-state index contributed by atoms with van der Waals surface area (Å²) >= 11 is 0. The molecule has 0 aliphatic carbocycles. The van der Waals surface area contributed by atoms with Crippen LogP contribution in [0.1, 0.15) is 17.9 Å². The largest absolute Gasteiger partial charge is 0.496 e. The van der Waals surface area contributed by atoms with Gasteiger partial charge >= 0.3 is 0 Å². The van der Waals surface area contributed by atoms with Gasteiger partial charge < -0.3 is 9.64 Å². The van der Waals surface area contributed by atoms with Crippen LogP contribution in [0.3, 0.4) is 0 Å². The van der Waals surface area contributed by atoms with E-state index < -0.39 is 0 Å². The molecule has 3 nitrogen and oxygen atoms in total. The van der Waals surface area contributed by atoms with Crippen LogP contribution in [0.15, 0.2) is 42.6 Å². The minimum absolute atomic E-state index is 0.256. The van der Waals surface area contributed by atoms with Gasteiger partial charge in [0.15, 0.2) is 11.6 Å². The third kappa shape index (κ3) is 2.33. The summed E-state index contributed by atoms with van der Waals surface area (Å²) in [7, 11) is 1.68. The molecule has 0 spiro atoms. The highest BCUT2D eigenvalue weighted by Gasteiger charge is 2.28. The number of methoxy groups -OCH3 is 1. The van der Waals surface area contributed by atoms with E-state index in [1.165, 1.54) is 11.6 Å². The van der Waals surface area contributed by atoms with Crippen molar-refractivity contribution in [2.45, 2.75) is 12.3 Å². The summed E-state index contributed by atoms with van der Waals surface area (Å²) in [6, 6.07) is 11.1. The summed E-state index contributed by atoms with van der Waals surface area (Å²) in [5.74, 6) is 1.45. The van der Waals surface area contributed by atoms with Gasteiger partial charge in [0.1, 0.15) is 5.75 Å². The minimum Gasteiger partial charge on any atom is -0.496 e. The van der Waals surface area contributed by atoms with Crippen LogP contribution in [0.2, 0.25) is 0 Å². The highest BCUT2D eigenvalue weighted by molar-refractivity contribution is 5.45. The number of hydrogen-bond acceptors (Lipinski definition) is 3. The molecule has 1 aromatic heterocycles. The predicted molar refractivity (Wildman–Crippen MR) is 76.8 cm³/mol. The maximum atomic E-state index is 13.8. The molecule has 3 rings (SSSR count). The molecule has 1 atom stereocenters. The van der Waals surface area contributed by atoms with Crippen molar-refractivity contribution in [3.05, 3.63) is 54.0 Å². The van der Waals surface area contributed by atoms with Crippen LogP contribution in [0.4, 0.5) is 10.2 Å². The van der Waals surface area contributed by atoms with E-state index in [-0.39, 0.29) is 5.82 Å². The summed E-state index contributed by atoms with van der Waals surface area (Å²) in [6.07, 6.45) is 2.62. The maximum Gasteiger partial charge on any atom is 0.165 e. The van der Waals surface area contributed by atoms with E-state index in [9.17, 15) is 4.39 Å². The Morgan fingerprint density at radius 1 is 1.25 bits per heavy atom. The number of ether oxygens (including phenoxy) is 1. The summed E-state index contributed by atoms with van der Waals surface area (Å²) in [6.45, 7) is 1.59. The lowest BCUT2D eigenvalue weighted by Crippen LogP contribution is -2.21. The van der Waals surface area contributed by atoms with Gasteiger partial charge in [-0.1, -0.05) is 18.2 Å². The first-order chi connectivity index (χ1) is 9.79. The zero-order valence-corrected chi connectivity index (χ0v) is 11.4. The van der Waals surface area contributed by atoms with Crippen LogP contribution in [-0.4, -0.2) is 25.2 Å². The Bertz CT molecular complexity index is 603. The minimum atomic E-state index is -0.256. The average Bonchev–Trinajstić information content (AvgIpc) is 2.97. The van der Waals surface area contributed by atoms with Gasteiger partial charge in [-0.25, -0.2) is 9.37 Å². The average molecular weight is 272 g/mol. The third-order valence-electron chi connectivity index (χ3n) is 3.81. The van der Waals surface area contributed by atoms with Crippen molar-refractivity contribution in [2.75, 3.05) is 25.1 Å². The predicted octanol–water partition coefficient (Wildman–Crippen LogP) is 3.22. The van der Waals surface area contributed by atoms with E-state index in [2.05, 4.69) is 11.1 Å². The lowest BCUT2D eigenvalue weighted by molar-refractivity contribution is 0.406. The third-order valence-corrected chi connectivity index (χ3v) is 3.81. The second-order valence-electron chi connectivity index (χ2n) is 4.98. The van der Waals surface area contributed by atoms with Crippen molar-refractivity contribution in [1.29, 1.82) is 0 Å². The zero-order chi connectivity index (χ0) is 13.9. The molecule has 0 N–H and O–H groups in total. The highest BCUT2D eigenvalue weighted by atomic mass is 19.1. The topological polar surface area (TPSA) is 25.4 Å². The van der Waals surface area contributed by atoms with Crippen LogP contribution < -0.4 is 9.64 Å². The van der Waals surface area contributed by atoms with Gasteiger partial charge in [-0.05, 0) is 30.2 Å². The molecule has 0 radical (unpaired) electrons. The Kier molecular flexibility index (Phi) is 3.54. The Morgan fingerprint density at radius 3 is 2.90 bits per heavy atom. The fourth-order valence-electron chi connectivity index (χ4n) is 2.82. The van der Waals surface area contributed by atoms with Crippen LogP contribution >= 0.6 is 0 Å². The van der Waals surface area contributed by atoms with E-state index in [1.54, 1.807) is 19.4 Å². The van der Waals surface area contributed by atoms with Gasteiger partial charge in [-0.15, -0.1) is 0 Å². The molecular weight excluding hydrogens is 255 g/mol. The molecule has 1 fully saturated rings. The zero-order valence-electron chi connectivity index (χ0n) is 11.4. The molecule has 2 heterocycles. The Morgan fingerprint density at radius 2 is 2.10 bits per heavy atom. The molecule has 20 heavy (non-hydrogen) atoms. The van der Waals surface area contributed by atoms with Crippen molar-refractivity contribution < 1.29 is 9.13 Å². The van der Waals surface area contributed by atoms with Crippen molar-refractivity contribution in [3.63, 3.8) is 0 Å². The number of hydrogen-bond donors (Lipinski definition) is 0. The van der Waals surface area contributed by atoms with Crippen LogP contribution in [-0.2, 0) is 0 Å².